The van der Waals surface area contributed by atoms with Gasteiger partial charge in [0.15, 0.2) is 12.2 Å². The molecule has 106 valence electrons. The van der Waals surface area contributed by atoms with Crippen LogP contribution in [0.3, 0.4) is 0 Å². The zero-order valence-electron chi connectivity index (χ0n) is 12.2. The van der Waals surface area contributed by atoms with Crippen molar-refractivity contribution in [2.24, 2.45) is 11.8 Å². The number of nitrogens with zero attached hydrogens (tertiary/aromatic N) is 1. The van der Waals surface area contributed by atoms with Crippen LogP contribution in [0.4, 0.5) is 5.69 Å². The number of aromatic nitrogens is 1. The minimum absolute atomic E-state index is 0.573. The molecular weight excluding hydrogens is 248 g/mol. The summed E-state index contributed by atoms with van der Waals surface area (Å²) in [6.07, 6.45) is 7.17. The number of anilines is 1. The van der Waals surface area contributed by atoms with Gasteiger partial charge in [-0.25, -0.2) is 4.98 Å². The van der Waals surface area contributed by atoms with Gasteiger partial charge in [0.25, 0.3) is 0 Å². The van der Waals surface area contributed by atoms with Crippen LogP contribution < -0.4 is 5.32 Å². The summed E-state index contributed by atoms with van der Waals surface area (Å²) >= 11 is 0. The smallest absolute Gasteiger partial charge is 0.181 e. The lowest BCUT2D eigenvalue weighted by molar-refractivity contribution is 0.253. The van der Waals surface area contributed by atoms with E-state index >= 15 is 0 Å². The van der Waals surface area contributed by atoms with Crippen molar-refractivity contribution in [2.75, 3.05) is 5.32 Å². The molecule has 1 aliphatic carbocycles. The topological polar surface area (TPSA) is 38.1 Å². The largest absolute Gasteiger partial charge is 0.444 e. The predicted octanol–water partition coefficient (Wildman–Crippen LogP) is 4.58. The minimum Gasteiger partial charge on any atom is -0.444 e. The van der Waals surface area contributed by atoms with Crippen molar-refractivity contribution in [1.82, 2.24) is 4.98 Å². The summed E-state index contributed by atoms with van der Waals surface area (Å²) in [5, 5.41) is 3.70. The Balaban J connectivity index is 1.76. The van der Waals surface area contributed by atoms with E-state index in [-0.39, 0.29) is 0 Å². The van der Waals surface area contributed by atoms with Gasteiger partial charge >= 0.3 is 0 Å². The lowest BCUT2D eigenvalue weighted by atomic mass is 9.78. The molecule has 3 atom stereocenters. The fourth-order valence-electron chi connectivity index (χ4n) is 3.12. The SMILES string of the molecule is CC1CCCC(Nc2cccc(-c3cnco3)c2)C1C. The third-order valence-corrected chi connectivity index (χ3v) is 4.64. The third-order valence-electron chi connectivity index (χ3n) is 4.64. The van der Waals surface area contributed by atoms with Crippen molar-refractivity contribution in [1.29, 1.82) is 0 Å². The van der Waals surface area contributed by atoms with Gasteiger partial charge in [0.2, 0.25) is 0 Å². The van der Waals surface area contributed by atoms with Crippen LogP contribution in [0.2, 0.25) is 0 Å². The molecule has 3 unspecified atom stereocenters. The fourth-order valence-corrected chi connectivity index (χ4v) is 3.12. The Morgan fingerprint density at radius 3 is 2.95 bits per heavy atom. The molecular formula is C17H22N2O. The third kappa shape index (κ3) is 2.72. The van der Waals surface area contributed by atoms with Gasteiger partial charge < -0.3 is 9.73 Å². The van der Waals surface area contributed by atoms with Crippen LogP contribution >= 0.6 is 0 Å². The summed E-state index contributed by atoms with van der Waals surface area (Å²) in [7, 11) is 0. The van der Waals surface area contributed by atoms with Crippen molar-refractivity contribution in [3.05, 3.63) is 36.9 Å². The molecule has 3 heteroatoms. The van der Waals surface area contributed by atoms with Crippen LogP contribution in [0, 0.1) is 11.8 Å². The van der Waals surface area contributed by atoms with Crippen LogP contribution in [-0.2, 0) is 0 Å². The highest BCUT2D eigenvalue weighted by Gasteiger charge is 2.26. The van der Waals surface area contributed by atoms with Crippen molar-refractivity contribution in [3.8, 4) is 11.3 Å². The highest BCUT2D eigenvalue weighted by Crippen LogP contribution is 2.32. The van der Waals surface area contributed by atoms with E-state index in [4.69, 9.17) is 4.42 Å². The molecule has 0 saturated heterocycles. The van der Waals surface area contributed by atoms with Gasteiger partial charge in [-0.3, -0.25) is 0 Å². The van der Waals surface area contributed by atoms with Crippen molar-refractivity contribution >= 4 is 5.69 Å². The van der Waals surface area contributed by atoms with Crippen LogP contribution in [0.15, 0.2) is 41.3 Å². The maximum absolute atomic E-state index is 5.36. The van der Waals surface area contributed by atoms with E-state index in [1.54, 1.807) is 6.20 Å². The summed E-state index contributed by atoms with van der Waals surface area (Å²) in [5.74, 6) is 2.34. The van der Waals surface area contributed by atoms with Gasteiger partial charge in [-0.05, 0) is 30.4 Å². The van der Waals surface area contributed by atoms with Crippen molar-refractivity contribution < 1.29 is 4.42 Å². The van der Waals surface area contributed by atoms with Crippen LogP contribution in [0.25, 0.3) is 11.3 Å². The lowest BCUT2D eigenvalue weighted by Gasteiger charge is -2.35. The normalized spacial score (nSPS) is 26.4. The van der Waals surface area contributed by atoms with Gasteiger partial charge in [-0.15, -0.1) is 0 Å². The van der Waals surface area contributed by atoms with Gasteiger partial charge in [-0.1, -0.05) is 38.8 Å². The number of hydrogen-bond acceptors (Lipinski definition) is 3. The summed E-state index contributed by atoms with van der Waals surface area (Å²) in [6, 6.07) is 8.97. The lowest BCUT2D eigenvalue weighted by Crippen LogP contribution is -2.34. The van der Waals surface area contributed by atoms with E-state index in [9.17, 15) is 0 Å². The number of hydrogen-bond donors (Lipinski definition) is 1. The molecule has 3 rings (SSSR count). The van der Waals surface area contributed by atoms with Gasteiger partial charge in [0.05, 0.1) is 6.20 Å². The second-order valence-electron chi connectivity index (χ2n) is 5.96. The van der Waals surface area contributed by atoms with E-state index in [0.29, 0.717) is 6.04 Å². The van der Waals surface area contributed by atoms with Gasteiger partial charge in [-0.2, -0.15) is 0 Å². The van der Waals surface area contributed by atoms with E-state index in [0.717, 1.165) is 23.2 Å². The van der Waals surface area contributed by atoms with Crippen molar-refractivity contribution in [3.63, 3.8) is 0 Å². The van der Waals surface area contributed by atoms with Gasteiger partial charge in [0.1, 0.15) is 0 Å². The molecule has 1 N–H and O–H groups in total. The average Bonchev–Trinajstić information content (AvgIpc) is 2.98. The van der Waals surface area contributed by atoms with E-state index in [2.05, 4.69) is 48.4 Å². The summed E-state index contributed by atoms with van der Waals surface area (Å²) in [5.41, 5.74) is 2.24. The highest BCUT2D eigenvalue weighted by atomic mass is 16.3. The Morgan fingerprint density at radius 1 is 1.25 bits per heavy atom. The second kappa shape index (κ2) is 5.70. The molecule has 0 radical (unpaired) electrons. The van der Waals surface area contributed by atoms with Gasteiger partial charge in [0, 0.05) is 17.3 Å². The molecule has 0 bridgehead atoms. The average molecular weight is 270 g/mol. The molecule has 0 spiro atoms. The van der Waals surface area contributed by atoms with E-state index in [1.807, 2.05) is 0 Å². The number of nitrogens with one attached hydrogen (secondary N) is 1. The molecule has 0 amide bonds. The first-order chi connectivity index (χ1) is 9.74. The minimum atomic E-state index is 0.573. The van der Waals surface area contributed by atoms with E-state index < -0.39 is 0 Å². The van der Waals surface area contributed by atoms with Crippen LogP contribution in [0.5, 0.6) is 0 Å². The second-order valence-corrected chi connectivity index (χ2v) is 5.96. The first-order valence-corrected chi connectivity index (χ1v) is 7.49. The monoisotopic (exact) mass is 270 g/mol. The standard InChI is InChI=1S/C17H22N2O/c1-12-5-3-8-16(13(12)2)19-15-7-4-6-14(9-15)17-10-18-11-20-17/h4,6-7,9-13,16,19H,3,5,8H2,1-2H3. The van der Waals surface area contributed by atoms with Crippen molar-refractivity contribution in [2.45, 2.75) is 39.2 Å². The quantitative estimate of drug-likeness (QED) is 0.887. The van der Waals surface area contributed by atoms with Crippen LogP contribution in [-0.4, -0.2) is 11.0 Å². The summed E-state index contributed by atoms with van der Waals surface area (Å²) in [6.45, 7) is 4.73. The Hall–Kier alpha value is -1.77. The predicted molar refractivity (Wildman–Crippen MR) is 81.5 cm³/mol. The van der Waals surface area contributed by atoms with E-state index in [1.165, 1.54) is 31.3 Å². The molecule has 20 heavy (non-hydrogen) atoms. The Bertz CT molecular complexity index is 550. The Kier molecular flexibility index (Phi) is 3.77. The molecule has 1 aliphatic rings. The number of benzene rings is 1. The maximum atomic E-state index is 5.36. The summed E-state index contributed by atoms with van der Waals surface area (Å²) < 4.78 is 5.36. The van der Waals surface area contributed by atoms with Crippen LogP contribution in [0.1, 0.15) is 33.1 Å². The maximum Gasteiger partial charge on any atom is 0.181 e. The number of rotatable bonds is 3. The molecule has 1 heterocycles. The number of oxazole rings is 1. The molecule has 1 saturated carbocycles. The first kappa shape index (κ1) is 13.2. The molecule has 3 nitrogen and oxygen atoms in total. The summed E-state index contributed by atoms with van der Waals surface area (Å²) in [4.78, 5) is 3.98. The molecule has 2 aromatic rings. The zero-order valence-corrected chi connectivity index (χ0v) is 12.2. The first-order valence-electron chi connectivity index (χ1n) is 7.49. The Labute approximate surface area is 120 Å². The highest BCUT2D eigenvalue weighted by molar-refractivity contribution is 5.63. The Morgan fingerprint density at radius 2 is 2.15 bits per heavy atom. The molecule has 0 aliphatic heterocycles. The molecule has 1 fully saturated rings. The molecule has 1 aromatic heterocycles. The zero-order chi connectivity index (χ0) is 13.9. The molecule has 1 aromatic carbocycles. The fraction of sp³-hybridized carbons (Fsp3) is 0.471.